The van der Waals surface area contributed by atoms with Gasteiger partial charge in [-0.05, 0) is 36.4 Å². The summed E-state index contributed by atoms with van der Waals surface area (Å²) in [6.45, 7) is 0. The van der Waals surface area contributed by atoms with Gasteiger partial charge in [0.1, 0.15) is 23.0 Å². The molecule has 8 heteroatoms. The Kier molecular flexibility index (Phi) is 7.17. The molecule has 0 aliphatic heterocycles. The summed E-state index contributed by atoms with van der Waals surface area (Å²) in [4.78, 5) is 26.0. The molecule has 0 bridgehead atoms. The van der Waals surface area contributed by atoms with Crippen molar-refractivity contribution in [1.29, 1.82) is 0 Å². The summed E-state index contributed by atoms with van der Waals surface area (Å²) in [6, 6.07) is 16.6. The zero-order valence-electron chi connectivity index (χ0n) is 18.2. The molecule has 0 atom stereocenters. The molecule has 166 valence electrons. The molecular weight excluding hydrogens is 412 g/mol. The van der Waals surface area contributed by atoms with E-state index in [-0.39, 0.29) is 11.1 Å². The fraction of sp³-hybridized carbons (Fsp3) is 0.167. The van der Waals surface area contributed by atoms with Gasteiger partial charge in [0.15, 0.2) is 0 Å². The largest absolute Gasteiger partial charge is 0.497 e. The SMILES string of the molecule is COc1ccc(NC(=O)c2ccccc2C(=O)Nc2ccc(OC)cc2OC)c(OC)c1. The van der Waals surface area contributed by atoms with E-state index in [1.165, 1.54) is 14.2 Å². The van der Waals surface area contributed by atoms with E-state index in [1.807, 2.05) is 0 Å². The van der Waals surface area contributed by atoms with Gasteiger partial charge in [-0.15, -0.1) is 0 Å². The second-order valence-corrected chi connectivity index (χ2v) is 6.59. The molecule has 0 aliphatic carbocycles. The molecule has 0 aromatic heterocycles. The fourth-order valence-electron chi connectivity index (χ4n) is 3.06. The number of hydrogen-bond acceptors (Lipinski definition) is 6. The zero-order valence-corrected chi connectivity index (χ0v) is 18.2. The maximum atomic E-state index is 13.0. The van der Waals surface area contributed by atoms with Crippen molar-refractivity contribution in [2.45, 2.75) is 0 Å². The lowest BCUT2D eigenvalue weighted by atomic mass is 10.1. The summed E-state index contributed by atoms with van der Waals surface area (Å²) >= 11 is 0. The number of carbonyl (C=O) groups is 2. The number of rotatable bonds is 8. The van der Waals surface area contributed by atoms with Gasteiger partial charge in [-0.2, -0.15) is 0 Å². The van der Waals surface area contributed by atoms with Crippen molar-refractivity contribution in [3.63, 3.8) is 0 Å². The molecule has 2 N–H and O–H groups in total. The van der Waals surface area contributed by atoms with Crippen LogP contribution in [0.3, 0.4) is 0 Å². The van der Waals surface area contributed by atoms with E-state index in [4.69, 9.17) is 18.9 Å². The minimum Gasteiger partial charge on any atom is -0.497 e. The van der Waals surface area contributed by atoms with Gasteiger partial charge in [-0.25, -0.2) is 0 Å². The van der Waals surface area contributed by atoms with Gasteiger partial charge in [0.2, 0.25) is 0 Å². The monoisotopic (exact) mass is 436 g/mol. The Labute approximate surface area is 186 Å². The van der Waals surface area contributed by atoms with E-state index in [9.17, 15) is 9.59 Å². The molecule has 0 unspecified atom stereocenters. The van der Waals surface area contributed by atoms with Crippen molar-refractivity contribution in [3.8, 4) is 23.0 Å². The second-order valence-electron chi connectivity index (χ2n) is 6.59. The van der Waals surface area contributed by atoms with E-state index in [0.717, 1.165) is 0 Å². The summed E-state index contributed by atoms with van der Waals surface area (Å²) in [7, 11) is 6.07. The standard InChI is InChI=1S/C24H24N2O6/c1-29-15-9-11-19(21(13-15)31-3)25-23(27)17-7-5-6-8-18(17)24(28)26-20-12-10-16(30-2)14-22(20)32-4/h5-14H,1-4H3,(H,25,27)(H,26,28). The number of amides is 2. The van der Waals surface area contributed by atoms with E-state index in [0.29, 0.717) is 34.4 Å². The Morgan fingerprint density at radius 1 is 0.594 bits per heavy atom. The van der Waals surface area contributed by atoms with Crippen molar-refractivity contribution >= 4 is 23.2 Å². The molecule has 3 rings (SSSR count). The van der Waals surface area contributed by atoms with Crippen LogP contribution in [0.1, 0.15) is 20.7 Å². The normalized spacial score (nSPS) is 10.1. The lowest BCUT2D eigenvalue weighted by Gasteiger charge is -2.15. The summed E-state index contributed by atoms with van der Waals surface area (Å²) < 4.78 is 21.0. The lowest BCUT2D eigenvalue weighted by Crippen LogP contribution is -2.20. The maximum Gasteiger partial charge on any atom is 0.256 e. The molecule has 0 saturated carbocycles. The Hall–Kier alpha value is -4.20. The number of benzene rings is 3. The van der Waals surface area contributed by atoms with Crippen LogP contribution in [0.5, 0.6) is 23.0 Å². The minimum atomic E-state index is -0.457. The first-order valence-electron chi connectivity index (χ1n) is 9.66. The number of anilines is 2. The first-order valence-corrected chi connectivity index (χ1v) is 9.66. The Bertz CT molecular complexity index is 1040. The van der Waals surface area contributed by atoms with Gasteiger partial charge in [0.25, 0.3) is 11.8 Å². The highest BCUT2D eigenvalue weighted by molar-refractivity contribution is 6.15. The van der Waals surface area contributed by atoms with E-state index < -0.39 is 11.8 Å². The quantitative estimate of drug-likeness (QED) is 0.549. The first kappa shape index (κ1) is 22.5. The minimum absolute atomic E-state index is 0.204. The first-order chi connectivity index (χ1) is 15.5. The number of hydrogen-bond donors (Lipinski definition) is 2. The molecule has 0 fully saturated rings. The maximum absolute atomic E-state index is 13.0. The van der Waals surface area contributed by atoms with Crippen LogP contribution in [0, 0.1) is 0 Å². The molecule has 0 heterocycles. The highest BCUT2D eigenvalue weighted by atomic mass is 16.5. The molecule has 2 amide bonds. The molecule has 8 nitrogen and oxygen atoms in total. The second kappa shape index (κ2) is 10.2. The summed E-state index contributed by atoms with van der Waals surface area (Å²) in [5, 5.41) is 5.57. The van der Waals surface area contributed by atoms with E-state index >= 15 is 0 Å². The molecule has 0 spiro atoms. The van der Waals surface area contributed by atoms with Crippen molar-refractivity contribution in [2.24, 2.45) is 0 Å². The van der Waals surface area contributed by atoms with Crippen LogP contribution >= 0.6 is 0 Å². The third kappa shape index (κ3) is 4.92. The van der Waals surface area contributed by atoms with Crippen LogP contribution < -0.4 is 29.6 Å². The molecule has 0 saturated heterocycles. The number of ether oxygens (including phenoxy) is 4. The van der Waals surface area contributed by atoms with Gasteiger partial charge in [-0.3, -0.25) is 9.59 Å². The molecular formula is C24H24N2O6. The Morgan fingerprint density at radius 3 is 1.34 bits per heavy atom. The van der Waals surface area contributed by atoms with Gasteiger partial charge in [0, 0.05) is 12.1 Å². The van der Waals surface area contributed by atoms with Crippen molar-refractivity contribution in [3.05, 3.63) is 71.8 Å². The lowest BCUT2D eigenvalue weighted by molar-refractivity contribution is 0.0990. The Balaban J connectivity index is 1.86. The van der Waals surface area contributed by atoms with Gasteiger partial charge < -0.3 is 29.6 Å². The third-order valence-electron chi connectivity index (χ3n) is 4.73. The number of methoxy groups -OCH3 is 4. The van der Waals surface area contributed by atoms with Gasteiger partial charge in [0.05, 0.1) is 50.9 Å². The molecule has 3 aromatic carbocycles. The topological polar surface area (TPSA) is 95.1 Å². The molecule has 32 heavy (non-hydrogen) atoms. The average molecular weight is 436 g/mol. The van der Waals surface area contributed by atoms with Crippen molar-refractivity contribution in [2.75, 3.05) is 39.1 Å². The van der Waals surface area contributed by atoms with Gasteiger partial charge >= 0.3 is 0 Å². The van der Waals surface area contributed by atoms with E-state index in [2.05, 4.69) is 10.6 Å². The fourth-order valence-corrected chi connectivity index (χ4v) is 3.06. The molecule has 0 radical (unpaired) electrons. The third-order valence-corrected chi connectivity index (χ3v) is 4.73. The van der Waals surface area contributed by atoms with Crippen LogP contribution in [-0.2, 0) is 0 Å². The number of carbonyl (C=O) groups excluding carboxylic acids is 2. The predicted octanol–water partition coefficient (Wildman–Crippen LogP) is 4.23. The molecule has 3 aromatic rings. The van der Waals surface area contributed by atoms with E-state index in [1.54, 1.807) is 74.9 Å². The summed E-state index contributed by atoms with van der Waals surface area (Å²) in [6.07, 6.45) is 0. The van der Waals surface area contributed by atoms with Gasteiger partial charge in [-0.1, -0.05) is 12.1 Å². The van der Waals surface area contributed by atoms with Crippen LogP contribution in [-0.4, -0.2) is 40.3 Å². The summed E-state index contributed by atoms with van der Waals surface area (Å²) in [5.74, 6) is 1.13. The molecule has 0 aliphatic rings. The smallest absolute Gasteiger partial charge is 0.256 e. The predicted molar refractivity (Wildman–Crippen MR) is 121 cm³/mol. The highest BCUT2D eigenvalue weighted by Gasteiger charge is 2.19. The number of nitrogens with one attached hydrogen (secondary N) is 2. The van der Waals surface area contributed by atoms with Crippen molar-refractivity contribution in [1.82, 2.24) is 0 Å². The van der Waals surface area contributed by atoms with Crippen LogP contribution in [0.25, 0.3) is 0 Å². The van der Waals surface area contributed by atoms with Crippen LogP contribution in [0.2, 0.25) is 0 Å². The highest BCUT2D eigenvalue weighted by Crippen LogP contribution is 2.31. The zero-order chi connectivity index (χ0) is 23.1. The van der Waals surface area contributed by atoms with Crippen molar-refractivity contribution < 1.29 is 28.5 Å². The Morgan fingerprint density at radius 2 is 1.00 bits per heavy atom. The summed E-state index contributed by atoms with van der Waals surface area (Å²) in [5.41, 5.74) is 1.31. The van der Waals surface area contributed by atoms with Crippen LogP contribution in [0.4, 0.5) is 11.4 Å². The average Bonchev–Trinajstić information content (AvgIpc) is 2.84. The van der Waals surface area contributed by atoms with Crippen LogP contribution in [0.15, 0.2) is 60.7 Å².